The summed E-state index contributed by atoms with van der Waals surface area (Å²) in [4.78, 5) is 0.169. The summed E-state index contributed by atoms with van der Waals surface area (Å²) in [5.41, 5.74) is 1.53. The van der Waals surface area contributed by atoms with Gasteiger partial charge < -0.3 is 14.2 Å². The first-order chi connectivity index (χ1) is 12.3. The minimum Gasteiger partial charge on any atom is -0.493 e. The third kappa shape index (κ3) is 3.91. The molecule has 0 saturated heterocycles. The van der Waals surface area contributed by atoms with Crippen molar-refractivity contribution in [2.45, 2.75) is 11.8 Å². The van der Waals surface area contributed by atoms with E-state index in [9.17, 15) is 8.42 Å². The van der Waals surface area contributed by atoms with E-state index in [0.717, 1.165) is 9.98 Å². The molecule has 0 fully saturated rings. The van der Waals surface area contributed by atoms with Gasteiger partial charge in [0.2, 0.25) is 5.75 Å². The molecule has 0 radical (unpaired) electrons. The third-order valence-electron chi connectivity index (χ3n) is 3.76. The van der Waals surface area contributed by atoms with Crippen molar-refractivity contribution in [3.63, 3.8) is 0 Å². The van der Waals surface area contributed by atoms with Gasteiger partial charge >= 0.3 is 0 Å². The molecule has 0 aliphatic rings. The Kier molecular flexibility index (Phi) is 6.10. The Morgan fingerprint density at radius 1 is 0.923 bits per heavy atom. The lowest BCUT2D eigenvalue weighted by atomic mass is 10.2. The van der Waals surface area contributed by atoms with Gasteiger partial charge in [0.05, 0.1) is 32.4 Å². The summed E-state index contributed by atoms with van der Waals surface area (Å²) < 4.78 is 42.0. The molecule has 2 aromatic carbocycles. The molecule has 0 atom stereocenters. The Morgan fingerprint density at radius 2 is 1.54 bits per heavy atom. The van der Waals surface area contributed by atoms with E-state index < -0.39 is 10.0 Å². The van der Waals surface area contributed by atoms with Crippen LogP contribution in [0.15, 0.2) is 46.4 Å². The van der Waals surface area contributed by atoms with Gasteiger partial charge in [0.15, 0.2) is 11.5 Å². The lowest BCUT2D eigenvalue weighted by molar-refractivity contribution is 0.324. The molecule has 0 saturated carbocycles. The Morgan fingerprint density at radius 3 is 2.08 bits per heavy atom. The van der Waals surface area contributed by atoms with Crippen LogP contribution < -0.4 is 14.2 Å². The summed E-state index contributed by atoms with van der Waals surface area (Å²) in [5, 5.41) is 4.05. The van der Waals surface area contributed by atoms with Crippen molar-refractivity contribution in [1.82, 2.24) is 4.41 Å². The van der Waals surface area contributed by atoms with Gasteiger partial charge in [-0.3, -0.25) is 0 Å². The number of hydrogen-bond acceptors (Lipinski definition) is 6. The molecule has 0 N–H and O–H groups in total. The molecule has 0 aromatic heterocycles. The first kappa shape index (κ1) is 19.6. The van der Waals surface area contributed by atoms with Crippen molar-refractivity contribution in [3.05, 3.63) is 47.5 Å². The minimum absolute atomic E-state index is 0.169. The maximum atomic E-state index is 12.6. The molecule has 0 unspecified atom stereocenters. The van der Waals surface area contributed by atoms with Gasteiger partial charge in [0.1, 0.15) is 0 Å². The third-order valence-corrected chi connectivity index (χ3v) is 5.42. The lowest BCUT2D eigenvalue weighted by Gasteiger charge is -2.15. The van der Waals surface area contributed by atoms with Crippen molar-refractivity contribution in [3.8, 4) is 17.2 Å². The average Bonchev–Trinajstić information content (AvgIpc) is 2.65. The normalized spacial score (nSPS) is 11.4. The van der Waals surface area contributed by atoms with Crippen molar-refractivity contribution in [2.24, 2.45) is 5.10 Å². The van der Waals surface area contributed by atoms with Crippen LogP contribution >= 0.6 is 0 Å². The maximum Gasteiger partial charge on any atom is 0.278 e. The smallest absolute Gasteiger partial charge is 0.278 e. The number of hydrogen-bond donors (Lipinski definition) is 0. The van der Waals surface area contributed by atoms with Crippen molar-refractivity contribution < 1.29 is 22.6 Å². The Bertz CT molecular complexity index is 893. The molecule has 0 aliphatic heterocycles. The van der Waals surface area contributed by atoms with Crippen LogP contribution in [-0.4, -0.2) is 47.4 Å². The number of nitrogens with zero attached hydrogens (tertiary/aromatic N) is 2. The molecule has 7 nitrogen and oxygen atoms in total. The van der Waals surface area contributed by atoms with E-state index in [2.05, 4.69) is 5.10 Å². The van der Waals surface area contributed by atoms with Crippen molar-refractivity contribution >= 4 is 16.2 Å². The monoisotopic (exact) mass is 378 g/mol. The number of sulfonamides is 1. The highest BCUT2D eigenvalue weighted by atomic mass is 32.2. The molecule has 0 bridgehead atoms. The summed E-state index contributed by atoms with van der Waals surface area (Å²) >= 11 is 0. The fraction of sp³-hybridized carbons (Fsp3) is 0.278. The number of methoxy groups -OCH3 is 3. The zero-order chi connectivity index (χ0) is 19.3. The predicted molar refractivity (Wildman–Crippen MR) is 99.8 cm³/mol. The maximum absolute atomic E-state index is 12.6. The average molecular weight is 378 g/mol. The molecule has 0 aliphatic carbocycles. The molecule has 26 heavy (non-hydrogen) atoms. The number of ether oxygens (including phenoxy) is 3. The van der Waals surface area contributed by atoms with E-state index in [1.165, 1.54) is 34.6 Å². The van der Waals surface area contributed by atoms with Gasteiger partial charge in [0, 0.05) is 12.6 Å². The molecule has 0 heterocycles. The van der Waals surface area contributed by atoms with Gasteiger partial charge in [-0.2, -0.15) is 17.9 Å². The van der Waals surface area contributed by atoms with E-state index in [4.69, 9.17) is 14.2 Å². The highest BCUT2D eigenvalue weighted by Gasteiger charge is 2.20. The van der Waals surface area contributed by atoms with Crippen molar-refractivity contribution in [1.29, 1.82) is 0 Å². The number of aryl methyl sites for hydroxylation is 1. The molecule has 8 heteroatoms. The SMILES string of the molecule is COc1ccc(C=NN(C)S(=O)(=O)c2ccc(C)cc2)c(OC)c1OC. The topological polar surface area (TPSA) is 77.4 Å². The zero-order valence-corrected chi connectivity index (χ0v) is 16.2. The second-order valence-electron chi connectivity index (χ2n) is 5.42. The molecule has 0 spiro atoms. The molecule has 2 rings (SSSR count). The van der Waals surface area contributed by atoms with Crippen LogP contribution in [0.1, 0.15) is 11.1 Å². The number of hydrazone groups is 1. The fourth-order valence-electron chi connectivity index (χ4n) is 2.29. The summed E-state index contributed by atoms with van der Waals surface area (Å²) in [6.45, 7) is 1.89. The van der Waals surface area contributed by atoms with E-state index in [-0.39, 0.29) is 4.90 Å². The van der Waals surface area contributed by atoms with Gasteiger partial charge in [-0.1, -0.05) is 17.7 Å². The van der Waals surface area contributed by atoms with Gasteiger partial charge in [-0.25, -0.2) is 0 Å². The molecule has 2 aromatic rings. The van der Waals surface area contributed by atoms with Gasteiger partial charge in [-0.15, -0.1) is 0 Å². The summed E-state index contributed by atoms with van der Waals surface area (Å²) in [6, 6.07) is 9.97. The van der Waals surface area contributed by atoms with E-state index in [0.29, 0.717) is 22.8 Å². The minimum atomic E-state index is -3.74. The Hall–Kier alpha value is -2.74. The first-order valence-corrected chi connectivity index (χ1v) is 9.17. The van der Waals surface area contributed by atoms with Crippen LogP contribution in [0.25, 0.3) is 0 Å². The molecular formula is C18H22N2O5S. The fourth-order valence-corrected chi connectivity index (χ4v) is 3.25. The Balaban J connectivity index is 2.35. The van der Waals surface area contributed by atoms with E-state index >= 15 is 0 Å². The summed E-state index contributed by atoms with van der Waals surface area (Å²) in [5.74, 6) is 1.31. The second kappa shape index (κ2) is 8.09. The predicted octanol–water partition coefficient (Wildman–Crippen LogP) is 2.68. The van der Waals surface area contributed by atoms with Crippen LogP contribution in [0, 0.1) is 6.92 Å². The van der Waals surface area contributed by atoms with Crippen LogP contribution in [0.4, 0.5) is 0 Å². The lowest BCUT2D eigenvalue weighted by Crippen LogP contribution is -2.22. The quantitative estimate of drug-likeness (QED) is 0.547. The van der Waals surface area contributed by atoms with Crippen LogP contribution in [0.5, 0.6) is 17.2 Å². The largest absolute Gasteiger partial charge is 0.493 e. The van der Waals surface area contributed by atoms with Gasteiger partial charge in [0.25, 0.3) is 10.0 Å². The van der Waals surface area contributed by atoms with Gasteiger partial charge in [-0.05, 0) is 31.2 Å². The highest BCUT2D eigenvalue weighted by molar-refractivity contribution is 7.89. The van der Waals surface area contributed by atoms with Crippen LogP contribution in [-0.2, 0) is 10.0 Å². The van der Waals surface area contributed by atoms with E-state index in [1.54, 1.807) is 36.4 Å². The second-order valence-corrected chi connectivity index (χ2v) is 7.37. The highest BCUT2D eigenvalue weighted by Crippen LogP contribution is 2.39. The molecule has 0 amide bonds. The number of benzene rings is 2. The standard InChI is InChI=1S/C18H22N2O5S/c1-13-6-9-15(10-7-13)26(21,22)20(2)19-12-14-8-11-16(23-3)18(25-5)17(14)24-4/h6-12H,1-5H3. The summed E-state index contributed by atoms with van der Waals surface area (Å²) in [6.07, 6.45) is 1.40. The number of rotatable bonds is 7. The summed E-state index contributed by atoms with van der Waals surface area (Å²) in [7, 11) is 2.14. The Labute approximate surface area is 153 Å². The molecule has 140 valence electrons. The first-order valence-electron chi connectivity index (χ1n) is 7.73. The molecular weight excluding hydrogens is 356 g/mol. The zero-order valence-electron chi connectivity index (χ0n) is 15.4. The van der Waals surface area contributed by atoms with Crippen molar-refractivity contribution in [2.75, 3.05) is 28.4 Å². The van der Waals surface area contributed by atoms with Crippen LogP contribution in [0.2, 0.25) is 0 Å². The van der Waals surface area contributed by atoms with Crippen LogP contribution in [0.3, 0.4) is 0 Å². The van der Waals surface area contributed by atoms with E-state index in [1.807, 2.05) is 6.92 Å².